The van der Waals surface area contributed by atoms with Crippen molar-refractivity contribution in [3.05, 3.63) is 99.6 Å². The molecule has 1 aliphatic heterocycles. The van der Waals surface area contributed by atoms with E-state index in [4.69, 9.17) is 9.84 Å². The van der Waals surface area contributed by atoms with Gasteiger partial charge in [-0.05, 0) is 76.2 Å². The zero-order valence-corrected chi connectivity index (χ0v) is 17.5. The third-order valence-corrected chi connectivity index (χ3v) is 4.72. The first-order chi connectivity index (χ1) is 13.4. The summed E-state index contributed by atoms with van der Waals surface area (Å²) in [5.41, 5.74) is 2.43. The van der Waals surface area contributed by atoms with Gasteiger partial charge in [0.05, 0.1) is 18.4 Å². The Bertz CT molecular complexity index is 545. The number of benzene rings is 1. The molecule has 1 atom stereocenters. The van der Waals surface area contributed by atoms with E-state index in [0.717, 1.165) is 31.7 Å². The van der Waals surface area contributed by atoms with Crippen molar-refractivity contribution >= 4 is 5.71 Å². The van der Waals surface area contributed by atoms with Crippen LogP contribution in [0.5, 0.6) is 0 Å². The van der Waals surface area contributed by atoms with Crippen LogP contribution < -0.4 is 0 Å². The summed E-state index contributed by atoms with van der Waals surface area (Å²) in [6, 6.07) is 11.0. The predicted octanol–water partition coefficient (Wildman–Crippen LogP) is 4.12. The monoisotopic (exact) mass is 416 g/mol. The molecular weight excluding hydrogens is 388 g/mol. The zero-order chi connectivity index (χ0) is 18.7. The molecule has 3 nitrogen and oxygen atoms in total. The van der Waals surface area contributed by atoms with Crippen molar-refractivity contribution in [2.75, 3.05) is 20.3 Å². The Hall–Kier alpha value is -0.831. The smallest absolute Gasteiger partial charge is 0.382 e. The average Bonchev–Trinajstić information content (AvgIpc) is 3.47. The van der Waals surface area contributed by atoms with E-state index < -0.39 is 0 Å². The maximum absolute atomic E-state index is 5.34. The summed E-state index contributed by atoms with van der Waals surface area (Å²) in [4.78, 5) is 0. The molecule has 0 N–H and O–H groups in total. The Morgan fingerprint density at radius 3 is 2.25 bits per heavy atom. The number of hydrazone groups is 1. The largest absolute Gasteiger partial charge is 2.00 e. The van der Waals surface area contributed by atoms with Crippen molar-refractivity contribution < 1.29 is 21.8 Å². The summed E-state index contributed by atoms with van der Waals surface area (Å²) in [5, 5.41) is 7.20. The van der Waals surface area contributed by atoms with Crippen molar-refractivity contribution in [3.63, 3.8) is 0 Å². The summed E-state index contributed by atoms with van der Waals surface area (Å²) >= 11 is 0. The molecule has 10 radical (unpaired) electrons. The van der Waals surface area contributed by atoms with Gasteiger partial charge in [0.2, 0.25) is 0 Å². The van der Waals surface area contributed by atoms with Gasteiger partial charge in [-0.1, -0.05) is 30.3 Å². The van der Waals surface area contributed by atoms with E-state index in [0.29, 0.717) is 6.04 Å². The van der Waals surface area contributed by atoms with Crippen LogP contribution in [0.25, 0.3) is 0 Å². The van der Waals surface area contributed by atoms with Crippen LogP contribution in [-0.2, 0) is 28.2 Å². The Labute approximate surface area is 182 Å². The number of rotatable bonds is 6. The molecule has 4 heteroatoms. The van der Waals surface area contributed by atoms with Crippen LogP contribution >= 0.6 is 0 Å². The summed E-state index contributed by atoms with van der Waals surface area (Å²) in [7, 11) is 1.77. The van der Waals surface area contributed by atoms with E-state index in [2.05, 4.69) is 61.0 Å². The second-order valence-electron chi connectivity index (χ2n) is 6.76. The Kier molecular flexibility index (Phi) is 11.2. The van der Waals surface area contributed by atoms with Crippen LogP contribution in [0.4, 0.5) is 0 Å². The summed E-state index contributed by atoms with van der Waals surface area (Å²) in [6.07, 6.45) is 21.7. The van der Waals surface area contributed by atoms with E-state index in [1.807, 2.05) is 32.1 Å². The van der Waals surface area contributed by atoms with Gasteiger partial charge >= 0.3 is 17.1 Å². The van der Waals surface area contributed by atoms with Gasteiger partial charge in [-0.25, -0.2) is 0 Å². The van der Waals surface area contributed by atoms with Crippen molar-refractivity contribution in [1.29, 1.82) is 0 Å². The molecule has 0 unspecified atom stereocenters. The molecule has 1 heterocycles. The molecule has 3 fully saturated rings. The van der Waals surface area contributed by atoms with E-state index in [1.54, 1.807) is 7.11 Å². The molecule has 0 spiro atoms. The Morgan fingerprint density at radius 1 is 1.00 bits per heavy atom. The quantitative estimate of drug-likeness (QED) is 0.515. The number of hydrogen-bond donors (Lipinski definition) is 0. The maximum atomic E-state index is 5.34. The van der Waals surface area contributed by atoms with Crippen molar-refractivity contribution in [3.8, 4) is 0 Å². The van der Waals surface area contributed by atoms with Crippen LogP contribution in [0, 0.1) is 63.7 Å². The fourth-order valence-electron chi connectivity index (χ4n) is 3.34. The molecule has 4 rings (SSSR count). The van der Waals surface area contributed by atoms with Gasteiger partial charge in [0.1, 0.15) is 0 Å². The summed E-state index contributed by atoms with van der Waals surface area (Å²) < 4.78 is 5.34. The van der Waals surface area contributed by atoms with Crippen LogP contribution in [-0.4, -0.2) is 37.0 Å². The van der Waals surface area contributed by atoms with Gasteiger partial charge < -0.3 is 4.74 Å². The van der Waals surface area contributed by atoms with E-state index in [9.17, 15) is 0 Å². The third-order valence-electron chi connectivity index (χ3n) is 4.72. The zero-order valence-electron chi connectivity index (χ0n) is 16.4. The van der Waals surface area contributed by atoms with Gasteiger partial charge in [-0.15, -0.1) is 0 Å². The molecule has 0 amide bonds. The van der Waals surface area contributed by atoms with Crippen LogP contribution in [0.2, 0.25) is 0 Å². The fraction of sp³-hybridized carbons (Fsp3) is 0.292. The molecule has 3 aliphatic rings. The predicted molar refractivity (Wildman–Crippen MR) is 111 cm³/mol. The molecule has 1 aromatic carbocycles. The van der Waals surface area contributed by atoms with Gasteiger partial charge in [-0.3, -0.25) is 5.01 Å². The molecule has 1 aromatic rings. The molecule has 28 heavy (non-hydrogen) atoms. The van der Waals surface area contributed by atoms with E-state index >= 15 is 0 Å². The maximum Gasteiger partial charge on any atom is 2.00 e. The first-order valence-corrected chi connectivity index (χ1v) is 9.62. The Morgan fingerprint density at radius 2 is 1.64 bits per heavy atom. The second kappa shape index (κ2) is 13.4. The average molecular weight is 416 g/mol. The van der Waals surface area contributed by atoms with Crippen molar-refractivity contribution in [1.82, 2.24) is 5.01 Å². The fourth-order valence-corrected chi connectivity index (χ4v) is 3.34. The SMILES string of the molecule is COC[C@@H]1CCCN1/N=C(\Cc1ccccc1)[C]1[CH][CH][CH][CH]1.[CH]1[CH][CH][CH][CH]1.[Fe+2]. The van der Waals surface area contributed by atoms with Gasteiger partial charge in [0.15, 0.2) is 0 Å². The Balaban J connectivity index is 0.000000408. The minimum atomic E-state index is 0. The molecule has 146 valence electrons. The molecule has 0 aromatic heterocycles. The first-order valence-electron chi connectivity index (χ1n) is 9.62. The van der Waals surface area contributed by atoms with E-state index in [-0.39, 0.29) is 17.1 Å². The van der Waals surface area contributed by atoms with E-state index in [1.165, 1.54) is 17.9 Å². The minimum Gasteiger partial charge on any atom is -0.382 e. The van der Waals surface area contributed by atoms with Crippen molar-refractivity contribution in [2.24, 2.45) is 5.10 Å². The number of methoxy groups -OCH3 is 1. The number of nitrogens with zero attached hydrogens (tertiary/aromatic N) is 2. The first kappa shape index (κ1) is 23.4. The van der Waals surface area contributed by atoms with Gasteiger partial charge in [-0.2, -0.15) is 5.10 Å². The molecule has 1 saturated heterocycles. The molecular formula is C24H28FeN2O+2. The van der Waals surface area contributed by atoms with Gasteiger partial charge in [0.25, 0.3) is 0 Å². The summed E-state index contributed by atoms with van der Waals surface area (Å²) in [5.74, 6) is 1.21. The summed E-state index contributed by atoms with van der Waals surface area (Å²) in [6.45, 7) is 1.77. The van der Waals surface area contributed by atoms with Crippen LogP contribution in [0.3, 0.4) is 0 Å². The minimum absolute atomic E-state index is 0. The van der Waals surface area contributed by atoms with Gasteiger partial charge in [0, 0.05) is 26.0 Å². The molecule has 0 bridgehead atoms. The number of hydrogen-bond acceptors (Lipinski definition) is 3. The number of ether oxygens (including phenoxy) is 1. The normalized spacial score (nSPS) is 22.7. The second-order valence-corrected chi connectivity index (χ2v) is 6.76. The molecule has 2 saturated carbocycles. The van der Waals surface area contributed by atoms with Crippen molar-refractivity contribution in [2.45, 2.75) is 25.3 Å². The van der Waals surface area contributed by atoms with Crippen LogP contribution in [0.1, 0.15) is 18.4 Å². The third kappa shape index (κ3) is 7.54. The molecule has 2 aliphatic carbocycles. The topological polar surface area (TPSA) is 24.8 Å². The van der Waals surface area contributed by atoms with Crippen LogP contribution in [0.15, 0.2) is 35.4 Å². The standard InChI is InChI=1S/C19H23N2O.C5H5.Fe/c1-22-15-18-12-7-13-21(18)20-19(17-10-5-6-11-17)14-16-8-3-2-4-9-16;1-2-4-5-3-1;/h2-6,8-11,18H,7,12-15H2,1H3;1-5H;/q;;+2/b20-19+;;/t18-;;/m0../s1.